The summed E-state index contributed by atoms with van der Waals surface area (Å²) in [7, 11) is 2.10. The summed E-state index contributed by atoms with van der Waals surface area (Å²) < 4.78 is 0. The van der Waals surface area contributed by atoms with Crippen molar-refractivity contribution in [2.45, 2.75) is 12.0 Å². The predicted molar refractivity (Wildman–Crippen MR) is 65.6 cm³/mol. The third-order valence-electron chi connectivity index (χ3n) is 3.06. The van der Waals surface area contributed by atoms with Crippen molar-refractivity contribution >= 4 is 23.2 Å². The molecule has 1 aromatic rings. The molecule has 1 saturated heterocycles. The van der Waals surface area contributed by atoms with Gasteiger partial charge in [-0.15, -0.1) is 6.58 Å². The lowest BCUT2D eigenvalue weighted by Gasteiger charge is -2.15. The standard InChI is InChI=1S/C12H13Cl2N/c1-3-6-12(8-15(12)2)9-4-5-10(13)11(14)7-9/h3-5,7H,1,6,8H2,2H3. The number of benzene rings is 1. The summed E-state index contributed by atoms with van der Waals surface area (Å²) in [5.41, 5.74) is 1.33. The van der Waals surface area contributed by atoms with Gasteiger partial charge in [0.2, 0.25) is 0 Å². The van der Waals surface area contributed by atoms with Gasteiger partial charge in [0.25, 0.3) is 0 Å². The van der Waals surface area contributed by atoms with Crippen molar-refractivity contribution in [3.8, 4) is 0 Å². The van der Waals surface area contributed by atoms with Gasteiger partial charge in [0.05, 0.1) is 15.6 Å². The third kappa shape index (κ3) is 1.80. The Bertz CT molecular complexity index is 403. The van der Waals surface area contributed by atoms with Crippen molar-refractivity contribution in [2.75, 3.05) is 13.6 Å². The highest BCUT2D eigenvalue weighted by molar-refractivity contribution is 6.42. The lowest BCUT2D eigenvalue weighted by molar-refractivity contribution is 0.483. The number of rotatable bonds is 3. The topological polar surface area (TPSA) is 3.01 Å². The average molecular weight is 242 g/mol. The molecular formula is C12H13Cl2N. The van der Waals surface area contributed by atoms with Gasteiger partial charge in [0.15, 0.2) is 0 Å². The zero-order valence-electron chi connectivity index (χ0n) is 8.63. The molecule has 15 heavy (non-hydrogen) atoms. The van der Waals surface area contributed by atoms with Crippen LogP contribution in [0.4, 0.5) is 0 Å². The van der Waals surface area contributed by atoms with Crippen molar-refractivity contribution in [3.05, 3.63) is 46.5 Å². The molecule has 0 aliphatic carbocycles. The van der Waals surface area contributed by atoms with Crippen molar-refractivity contribution in [1.29, 1.82) is 0 Å². The molecule has 1 aromatic carbocycles. The second-order valence-electron chi connectivity index (χ2n) is 4.01. The molecule has 0 spiro atoms. The molecule has 2 atom stereocenters. The number of hydrogen-bond donors (Lipinski definition) is 0. The zero-order valence-corrected chi connectivity index (χ0v) is 10.1. The van der Waals surface area contributed by atoms with Crippen molar-refractivity contribution < 1.29 is 0 Å². The first-order valence-corrected chi connectivity index (χ1v) is 5.63. The Morgan fingerprint density at radius 3 is 2.60 bits per heavy atom. The third-order valence-corrected chi connectivity index (χ3v) is 3.80. The Hall–Kier alpha value is -0.500. The lowest BCUT2D eigenvalue weighted by Crippen LogP contribution is -2.13. The van der Waals surface area contributed by atoms with Crippen molar-refractivity contribution in [1.82, 2.24) is 4.90 Å². The van der Waals surface area contributed by atoms with Crippen LogP contribution in [-0.2, 0) is 5.54 Å². The molecule has 0 radical (unpaired) electrons. The quantitative estimate of drug-likeness (QED) is 0.576. The van der Waals surface area contributed by atoms with E-state index in [0.29, 0.717) is 10.0 Å². The predicted octanol–water partition coefficient (Wildman–Crippen LogP) is 3.71. The first-order valence-electron chi connectivity index (χ1n) is 4.88. The van der Waals surface area contributed by atoms with E-state index in [9.17, 15) is 0 Å². The molecule has 0 saturated carbocycles. The molecule has 2 rings (SSSR count). The summed E-state index contributed by atoms with van der Waals surface area (Å²) in [4.78, 5) is 2.29. The largest absolute Gasteiger partial charge is 0.293 e. The monoisotopic (exact) mass is 241 g/mol. The van der Waals surface area contributed by atoms with Crippen molar-refractivity contribution in [3.63, 3.8) is 0 Å². The minimum Gasteiger partial charge on any atom is -0.293 e. The molecule has 80 valence electrons. The molecule has 0 aromatic heterocycles. The Kier molecular flexibility index (Phi) is 2.80. The van der Waals surface area contributed by atoms with Crippen LogP contribution in [-0.4, -0.2) is 18.5 Å². The smallest absolute Gasteiger partial charge is 0.0622 e. The first-order chi connectivity index (χ1) is 7.10. The van der Waals surface area contributed by atoms with Crippen LogP contribution in [0.25, 0.3) is 0 Å². The number of hydrogen-bond acceptors (Lipinski definition) is 1. The van der Waals surface area contributed by atoms with Crippen LogP contribution >= 0.6 is 23.2 Å². The summed E-state index contributed by atoms with van der Waals surface area (Å²) in [6.07, 6.45) is 2.90. The summed E-state index contributed by atoms with van der Waals surface area (Å²) in [6.45, 7) is 4.85. The summed E-state index contributed by atoms with van der Waals surface area (Å²) in [5.74, 6) is 0. The van der Waals surface area contributed by atoms with Crippen LogP contribution in [0.2, 0.25) is 10.0 Å². The molecule has 1 fully saturated rings. The van der Waals surface area contributed by atoms with Gasteiger partial charge in [0, 0.05) is 6.54 Å². The maximum absolute atomic E-state index is 6.02. The van der Waals surface area contributed by atoms with Crippen LogP contribution in [0.1, 0.15) is 12.0 Å². The Balaban J connectivity index is 2.36. The molecule has 0 bridgehead atoms. The summed E-state index contributed by atoms with van der Waals surface area (Å²) in [6, 6.07) is 5.86. The molecule has 0 N–H and O–H groups in total. The molecule has 1 aliphatic rings. The van der Waals surface area contributed by atoms with E-state index < -0.39 is 0 Å². The molecule has 1 heterocycles. The van der Waals surface area contributed by atoms with Gasteiger partial charge in [-0.3, -0.25) is 4.90 Å². The molecule has 2 unspecified atom stereocenters. The first kappa shape index (κ1) is 11.0. The van der Waals surface area contributed by atoms with Gasteiger partial charge in [0.1, 0.15) is 0 Å². The highest BCUT2D eigenvalue weighted by atomic mass is 35.5. The molecule has 0 amide bonds. The van der Waals surface area contributed by atoms with Crippen LogP contribution in [0.15, 0.2) is 30.9 Å². The molecule has 1 aliphatic heterocycles. The fraction of sp³-hybridized carbons (Fsp3) is 0.333. The van der Waals surface area contributed by atoms with E-state index in [1.807, 2.05) is 24.3 Å². The fourth-order valence-electron chi connectivity index (χ4n) is 2.03. The average Bonchev–Trinajstić information content (AvgIpc) is 2.83. The number of nitrogens with zero attached hydrogens (tertiary/aromatic N) is 1. The second-order valence-corrected chi connectivity index (χ2v) is 4.82. The van der Waals surface area contributed by atoms with Gasteiger partial charge in [-0.25, -0.2) is 0 Å². The maximum Gasteiger partial charge on any atom is 0.0622 e. The molecule has 3 heteroatoms. The Morgan fingerprint density at radius 2 is 2.13 bits per heavy atom. The normalized spacial score (nSPS) is 28.9. The summed E-state index contributed by atoms with van der Waals surface area (Å²) >= 11 is 11.9. The van der Waals surface area contributed by atoms with Gasteiger partial charge in [-0.1, -0.05) is 35.3 Å². The maximum atomic E-state index is 6.02. The van der Waals surface area contributed by atoms with Gasteiger partial charge >= 0.3 is 0 Å². The van der Waals surface area contributed by atoms with Crippen molar-refractivity contribution in [2.24, 2.45) is 0 Å². The fourth-order valence-corrected chi connectivity index (χ4v) is 2.33. The van der Waals surface area contributed by atoms with E-state index in [1.54, 1.807) is 0 Å². The minimum absolute atomic E-state index is 0.107. The lowest BCUT2D eigenvalue weighted by atomic mass is 9.95. The van der Waals surface area contributed by atoms with E-state index in [2.05, 4.69) is 18.5 Å². The van der Waals surface area contributed by atoms with E-state index in [0.717, 1.165) is 13.0 Å². The van der Waals surface area contributed by atoms with Crippen LogP contribution in [0.3, 0.4) is 0 Å². The highest BCUT2D eigenvalue weighted by Gasteiger charge is 2.49. The van der Waals surface area contributed by atoms with E-state index in [-0.39, 0.29) is 5.54 Å². The van der Waals surface area contributed by atoms with Gasteiger partial charge in [-0.05, 0) is 31.2 Å². The molecule has 1 nitrogen and oxygen atoms in total. The van der Waals surface area contributed by atoms with Gasteiger partial charge in [-0.2, -0.15) is 0 Å². The van der Waals surface area contributed by atoms with Crippen LogP contribution in [0.5, 0.6) is 0 Å². The van der Waals surface area contributed by atoms with E-state index in [1.165, 1.54) is 5.56 Å². The van der Waals surface area contributed by atoms with E-state index >= 15 is 0 Å². The molecular weight excluding hydrogens is 229 g/mol. The van der Waals surface area contributed by atoms with E-state index in [4.69, 9.17) is 23.2 Å². The zero-order chi connectivity index (χ0) is 11.1. The second kappa shape index (κ2) is 3.82. The van der Waals surface area contributed by atoms with Crippen LogP contribution in [0, 0.1) is 0 Å². The number of likely N-dealkylation sites (N-methyl/N-ethyl adjacent to an activating group) is 1. The Morgan fingerprint density at radius 1 is 1.47 bits per heavy atom. The number of halogens is 2. The highest BCUT2D eigenvalue weighted by Crippen LogP contribution is 2.45. The Labute approximate surface area is 100 Å². The summed E-state index contributed by atoms with van der Waals surface area (Å²) in [5, 5.41) is 1.23. The SMILES string of the molecule is C=CCC1(c2ccc(Cl)c(Cl)c2)CN1C. The minimum atomic E-state index is 0.107. The van der Waals surface area contributed by atoms with Gasteiger partial charge < -0.3 is 0 Å². The van der Waals surface area contributed by atoms with Crippen LogP contribution < -0.4 is 0 Å².